The molecule has 1 aliphatic rings. The average Bonchev–Trinajstić information content (AvgIpc) is 3.29. The Labute approximate surface area is 227 Å². The number of aliphatic hydroxyl groups excluding tert-OH is 1. The maximum Gasteiger partial charge on any atom is 0.422 e. The van der Waals surface area contributed by atoms with Gasteiger partial charge >= 0.3 is 12.2 Å². The number of aliphatic hydroxyl groups is 1. The van der Waals surface area contributed by atoms with Crippen molar-refractivity contribution in [2.45, 2.75) is 38.4 Å². The van der Waals surface area contributed by atoms with E-state index < -0.39 is 37.2 Å². The lowest BCUT2D eigenvalue weighted by atomic mass is 10.0. The molecule has 0 saturated carbocycles. The number of urea groups is 1. The van der Waals surface area contributed by atoms with E-state index in [4.69, 9.17) is 9.84 Å². The van der Waals surface area contributed by atoms with Crippen LogP contribution in [-0.2, 0) is 11.2 Å². The second kappa shape index (κ2) is 12.2. The number of piperidine rings is 1. The molecule has 4 rings (SSSR count). The van der Waals surface area contributed by atoms with Crippen molar-refractivity contribution >= 4 is 40.3 Å². The summed E-state index contributed by atoms with van der Waals surface area (Å²) in [6, 6.07) is 9.15. The zero-order valence-electron chi connectivity index (χ0n) is 21.6. The van der Waals surface area contributed by atoms with Crippen LogP contribution >= 0.6 is 0 Å². The van der Waals surface area contributed by atoms with Gasteiger partial charge in [0.25, 0.3) is 5.91 Å². The van der Waals surface area contributed by atoms with E-state index >= 15 is 0 Å². The molecular formula is C26H29F3N6O5. The van der Waals surface area contributed by atoms with Gasteiger partial charge in [-0.25, -0.2) is 9.78 Å². The molecular weight excluding hydrogens is 533 g/mol. The number of fused-ring (bicyclic) bond motifs is 1. The molecule has 1 aliphatic heterocycles. The van der Waals surface area contributed by atoms with Crippen LogP contribution < -0.4 is 20.7 Å². The number of rotatable bonds is 8. The van der Waals surface area contributed by atoms with E-state index in [1.165, 1.54) is 11.0 Å². The number of ether oxygens (including phenoxy) is 1. The average molecular weight is 563 g/mol. The van der Waals surface area contributed by atoms with Crippen LogP contribution in [0, 0.1) is 0 Å². The van der Waals surface area contributed by atoms with Crippen LogP contribution in [0.25, 0.3) is 11.0 Å². The molecule has 2 aromatic heterocycles. The summed E-state index contributed by atoms with van der Waals surface area (Å²) in [7, 11) is 0. The van der Waals surface area contributed by atoms with E-state index in [2.05, 4.69) is 25.9 Å². The lowest BCUT2D eigenvalue weighted by Crippen LogP contribution is -2.47. The molecule has 214 valence electrons. The number of likely N-dealkylation sites (tertiary alicyclic amines) is 1. The van der Waals surface area contributed by atoms with Gasteiger partial charge in [-0.05, 0) is 37.5 Å². The number of carbonyl (C=O) groups is 3. The minimum atomic E-state index is -4.67. The Balaban J connectivity index is 1.60. The largest absolute Gasteiger partial charge is 0.481 e. The van der Waals surface area contributed by atoms with Gasteiger partial charge in [0, 0.05) is 24.8 Å². The van der Waals surface area contributed by atoms with Gasteiger partial charge in [-0.3, -0.25) is 9.59 Å². The highest BCUT2D eigenvalue weighted by atomic mass is 19.4. The van der Waals surface area contributed by atoms with E-state index in [1.807, 2.05) is 0 Å². The zero-order valence-corrected chi connectivity index (χ0v) is 21.6. The molecule has 14 heteroatoms. The molecule has 0 radical (unpaired) electrons. The third-order valence-electron chi connectivity index (χ3n) is 6.36. The summed E-state index contributed by atoms with van der Waals surface area (Å²) in [5.74, 6) is -1.46. The number of nitrogens with one attached hydrogen (secondary N) is 4. The zero-order chi connectivity index (χ0) is 28.9. The van der Waals surface area contributed by atoms with Crippen molar-refractivity contribution in [1.82, 2.24) is 20.2 Å². The molecule has 3 aromatic rings. The Morgan fingerprint density at radius 3 is 2.48 bits per heavy atom. The first kappa shape index (κ1) is 28.7. The highest BCUT2D eigenvalue weighted by Gasteiger charge is 2.32. The first-order chi connectivity index (χ1) is 19.1. The number of alkyl halides is 3. The third-order valence-corrected chi connectivity index (χ3v) is 6.36. The number of halogens is 3. The van der Waals surface area contributed by atoms with Crippen molar-refractivity contribution in [1.29, 1.82) is 0 Å². The molecule has 11 nitrogen and oxygen atoms in total. The number of pyridine rings is 1. The lowest BCUT2D eigenvalue weighted by Gasteiger charge is -2.32. The fourth-order valence-electron chi connectivity index (χ4n) is 4.41. The second-order valence-electron chi connectivity index (χ2n) is 9.20. The first-order valence-corrected chi connectivity index (χ1v) is 12.7. The summed E-state index contributed by atoms with van der Waals surface area (Å²) >= 11 is 0. The topological polar surface area (TPSA) is 149 Å². The number of anilines is 2. The number of aryl methyl sites for hydroxylation is 1. The Morgan fingerprint density at radius 2 is 1.85 bits per heavy atom. The number of nitrogens with zero attached hydrogens (tertiary/aromatic N) is 2. The molecule has 1 fully saturated rings. The number of aromatic amines is 1. The van der Waals surface area contributed by atoms with E-state index in [0.29, 0.717) is 43.7 Å². The van der Waals surface area contributed by atoms with Gasteiger partial charge in [-0.2, -0.15) is 13.2 Å². The number of H-pyrrole nitrogens is 1. The van der Waals surface area contributed by atoms with Crippen LogP contribution in [0.15, 0.2) is 36.4 Å². The maximum absolute atomic E-state index is 13.2. The van der Waals surface area contributed by atoms with Crippen molar-refractivity contribution in [3.8, 4) is 5.75 Å². The van der Waals surface area contributed by atoms with Crippen molar-refractivity contribution < 1.29 is 37.4 Å². The summed E-state index contributed by atoms with van der Waals surface area (Å²) in [6.07, 6.45) is -3.49. The van der Waals surface area contributed by atoms with Gasteiger partial charge < -0.3 is 35.7 Å². The van der Waals surface area contributed by atoms with Crippen molar-refractivity contribution in [3.63, 3.8) is 0 Å². The van der Waals surface area contributed by atoms with Gasteiger partial charge in [0.1, 0.15) is 17.9 Å². The Morgan fingerprint density at radius 1 is 1.15 bits per heavy atom. The normalized spacial score (nSPS) is 14.2. The Hall–Kier alpha value is -4.33. The molecule has 0 spiro atoms. The Kier molecular flexibility index (Phi) is 8.77. The molecule has 0 atom stereocenters. The summed E-state index contributed by atoms with van der Waals surface area (Å²) in [5, 5.41) is 17.2. The van der Waals surface area contributed by atoms with Gasteiger partial charge in [-0.15, -0.1) is 0 Å². The lowest BCUT2D eigenvalue weighted by molar-refractivity contribution is -0.153. The minimum absolute atomic E-state index is 0.0879. The van der Waals surface area contributed by atoms with Crippen LogP contribution in [0.3, 0.4) is 0 Å². The second-order valence-corrected chi connectivity index (χ2v) is 9.20. The van der Waals surface area contributed by atoms with Gasteiger partial charge in [0.05, 0.1) is 16.8 Å². The van der Waals surface area contributed by atoms with Crippen LogP contribution in [0.2, 0.25) is 0 Å². The third kappa shape index (κ3) is 7.00. The minimum Gasteiger partial charge on any atom is -0.481 e. The fourth-order valence-corrected chi connectivity index (χ4v) is 4.41. The molecule has 0 unspecified atom stereocenters. The number of para-hydroxylation sites is 1. The smallest absolute Gasteiger partial charge is 0.422 e. The van der Waals surface area contributed by atoms with Crippen molar-refractivity contribution in [2.75, 3.05) is 36.9 Å². The van der Waals surface area contributed by atoms with E-state index in [1.54, 1.807) is 37.3 Å². The van der Waals surface area contributed by atoms with E-state index in [9.17, 15) is 27.6 Å². The molecule has 1 saturated heterocycles. The van der Waals surface area contributed by atoms with Crippen LogP contribution in [0.4, 0.5) is 29.3 Å². The standard InChI is InChI=1S/C26H29F3N6O5/c1-2-18-19(33-25(39)31-15-6-4-3-5-7-15)12-17-22(40-14-26(27,28)29)21(34-23(17)32-18)24(38)30-16-8-10-35(11-9-16)20(37)13-36/h3-7,12,16,36H,2,8-11,13-14H2,1H3,(H,30,38)(H,32,34)(H2,31,33,39). The van der Waals surface area contributed by atoms with Crippen molar-refractivity contribution in [3.05, 3.63) is 47.8 Å². The highest BCUT2D eigenvalue weighted by molar-refractivity contribution is 6.05. The summed E-state index contributed by atoms with van der Waals surface area (Å²) in [6.45, 7) is 0.171. The quantitative estimate of drug-likeness (QED) is 0.284. The van der Waals surface area contributed by atoms with E-state index in [0.717, 1.165) is 0 Å². The number of aromatic nitrogens is 2. The molecule has 0 aliphatic carbocycles. The summed E-state index contributed by atoms with van der Waals surface area (Å²) in [5.41, 5.74) is 1.10. The number of hydrogen-bond donors (Lipinski definition) is 5. The Bertz CT molecular complexity index is 1370. The summed E-state index contributed by atoms with van der Waals surface area (Å²) < 4.78 is 44.4. The van der Waals surface area contributed by atoms with Crippen LogP contribution in [0.5, 0.6) is 5.75 Å². The highest BCUT2D eigenvalue weighted by Crippen LogP contribution is 2.34. The van der Waals surface area contributed by atoms with Crippen LogP contribution in [0.1, 0.15) is 35.9 Å². The maximum atomic E-state index is 13.2. The first-order valence-electron chi connectivity index (χ1n) is 12.7. The van der Waals surface area contributed by atoms with Gasteiger partial charge in [-0.1, -0.05) is 25.1 Å². The number of carbonyl (C=O) groups excluding carboxylic acids is 3. The predicted molar refractivity (Wildman–Crippen MR) is 140 cm³/mol. The van der Waals surface area contributed by atoms with E-state index in [-0.39, 0.29) is 34.2 Å². The number of amides is 4. The fraction of sp³-hybridized carbons (Fsp3) is 0.385. The predicted octanol–water partition coefficient (Wildman–Crippen LogP) is 3.42. The molecule has 5 N–H and O–H groups in total. The SMILES string of the molecule is CCc1nc2[nH]c(C(=O)NC3CCN(C(=O)CO)CC3)c(OCC(F)(F)F)c2cc1NC(=O)Nc1ccccc1. The van der Waals surface area contributed by atoms with Crippen LogP contribution in [-0.4, -0.2) is 76.3 Å². The number of benzene rings is 1. The van der Waals surface area contributed by atoms with Gasteiger partial charge in [0.15, 0.2) is 12.4 Å². The van der Waals surface area contributed by atoms with Gasteiger partial charge in [0.2, 0.25) is 5.91 Å². The molecule has 3 heterocycles. The van der Waals surface area contributed by atoms with Crippen molar-refractivity contribution in [2.24, 2.45) is 0 Å². The number of hydrogen-bond acceptors (Lipinski definition) is 6. The molecule has 1 aromatic carbocycles. The molecule has 0 bridgehead atoms. The molecule has 40 heavy (non-hydrogen) atoms. The monoisotopic (exact) mass is 562 g/mol. The summed E-state index contributed by atoms with van der Waals surface area (Å²) in [4.78, 5) is 46.2. The molecule has 4 amide bonds.